The second-order valence-corrected chi connectivity index (χ2v) is 6.23. The number of carbonyl (C=O) groups is 1. The predicted molar refractivity (Wildman–Crippen MR) is 101 cm³/mol. The van der Waals surface area contributed by atoms with Gasteiger partial charge in [-0.2, -0.15) is 5.10 Å². The van der Waals surface area contributed by atoms with Gasteiger partial charge in [0.2, 0.25) is 0 Å². The average molecular weight is 363 g/mol. The number of anilines is 1. The molecule has 1 heterocycles. The van der Waals surface area contributed by atoms with Crippen molar-refractivity contribution in [3.05, 3.63) is 83.4 Å². The first-order valence-corrected chi connectivity index (χ1v) is 8.33. The Hall–Kier alpha value is -3.54. The summed E-state index contributed by atoms with van der Waals surface area (Å²) < 4.78 is 26.4. The summed E-state index contributed by atoms with van der Waals surface area (Å²) in [5.74, 6) is -2.31. The van der Waals surface area contributed by atoms with Crippen molar-refractivity contribution >= 4 is 22.6 Å². The maximum atomic E-state index is 13.3. The minimum atomic E-state index is -1.07. The van der Waals surface area contributed by atoms with E-state index in [0.717, 1.165) is 39.7 Å². The Balaban J connectivity index is 1.65. The molecule has 27 heavy (non-hydrogen) atoms. The Bertz CT molecular complexity index is 1170. The molecule has 134 valence electrons. The van der Waals surface area contributed by atoms with Crippen molar-refractivity contribution in [3.8, 4) is 11.1 Å². The van der Waals surface area contributed by atoms with Gasteiger partial charge in [-0.25, -0.2) is 8.78 Å². The number of benzene rings is 3. The first kappa shape index (κ1) is 16.9. The van der Waals surface area contributed by atoms with E-state index in [0.29, 0.717) is 5.82 Å². The van der Waals surface area contributed by atoms with Gasteiger partial charge in [-0.15, -0.1) is 0 Å². The number of fused-ring (bicyclic) bond motifs is 1. The van der Waals surface area contributed by atoms with E-state index in [2.05, 4.69) is 15.5 Å². The summed E-state index contributed by atoms with van der Waals surface area (Å²) in [5, 5.41) is 10.4. The predicted octanol–water partition coefficient (Wildman–Crippen LogP) is 5.07. The molecular weight excluding hydrogens is 348 g/mol. The first-order chi connectivity index (χ1) is 13.0. The smallest absolute Gasteiger partial charge is 0.256 e. The Morgan fingerprint density at radius 2 is 1.81 bits per heavy atom. The molecule has 0 fully saturated rings. The molecule has 3 aromatic carbocycles. The van der Waals surface area contributed by atoms with Crippen LogP contribution >= 0.6 is 0 Å². The highest BCUT2D eigenvalue weighted by Gasteiger charge is 2.14. The van der Waals surface area contributed by atoms with Crippen LogP contribution in [0.25, 0.3) is 22.0 Å². The van der Waals surface area contributed by atoms with Crippen LogP contribution in [0.5, 0.6) is 0 Å². The van der Waals surface area contributed by atoms with E-state index in [1.807, 2.05) is 49.4 Å². The molecule has 4 aromatic rings. The Morgan fingerprint density at radius 1 is 1.00 bits per heavy atom. The van der Waals surface area contributed by atoms with Crippen molar-refractivity contribution in [2.45, 2.75) is 6.92 Å². The maximum Gasteiger partial charge on any atom is 0.256 e. The number of amides is 1. The van der Waals surface area contributed by atoms with E-state index < -0.39 is 17.5 Å². The van der Waals surface area contributed by atoms with Gasteiger partial charge < -0.3 is 5.32 Å². The molecule has 0 spiro atoms. The van der Waals surface area contributed by atoms with Crippen LogP contribution in [0.2, 0.25) is 0 Å². The highest BCUT2D eigenvalue weighted by Crippen LogP contribution is 2.29. The van der Waals surface area contributed by atoms with Crippen LogP contribution in [-0.4, -0.2) is 16.1 Å². The van der Waals surface area contributed by atoms with Crippen LogP contribution in [0.3, 0.4) is 0 Å². The van der Waals surface area contributed by atoms with Crippen molar-refractivity contribution in [3.63, 3.8) is 0 Å². The molecule has 0 aliphatic heterocycles. The number of H-pyrrole nitrogens is 1. The van der Waals surface area contributed by atoms with Gasteiger partial charge in [-0.1, -0.05) is 30.3 Å². The van der Waals surface area contributed by atoms with Crippen LogP contribution < -0.4 is 5.32 Å². The molecular formula is C21H15F2N3O. The van der Waals surface area contributed by atoms with Crippen LogP contribution in [-0.2, 0) is 0 Å². The minimum absolute atomic E-state index is 0.0154. The third kappa shape index (κ3) is 3.17. The van der Waals surface area contributed by atoms with Gasteiger partial charge in [0.1, 0.15) is 0 Å². The topological polar surface area (TPSA) is 57.8 Å². The van der Waals surface area contributed by atoms with Crippen LogP contribution in [0.15, 0.2) is 60.7 Å². The zero-order valence-electron chi connectivity index (χ0n) is 14.4. The van der Waals surface area contributed by atoms with Crippen molar-refractivity contribution in [1.82, 2.24) is 10.2 Å². The molecule has 1 aromatic heterocycles. The van der Waals surface area contributed by atoms with Crippen LogP contribution in [0, 0.1) is 18.6 Å². The van der Waals surface area contributed by atoms with Crippen molar-refractivity contribution in [2.24, 2.45) is 0 Å². The SMILES string of the molecule is Cc1ccccc1-c1ccc2c(NC(=O)c3ccc(F)c(F)c3)n[nH]c2c1. The van der Waals surface area contributed by atoms with E-state index in [1.165, 1.54) is 6.07 Å². The lowest BCUT2D eigenvalue weighted by atomic mass is 10.00. The molecule has 1 amide bonds. The molecule has 0 aliphatic carbocycles. The third-order valence-electron chi connectivity index (χ3n) is 4.43. The number of hydrogen-bond donors (Lipinski definition) is 2. The van der Waals surface area contributed by atoms with Crippen molar-refractivity contribution < 1.29 is 13.6 Å². The molecule has 6 heteroatoms. The number of aromatic nitrogens is 2. The molecule has 0 atom stereocenters. The summed E-state index contributed by atoms with van der Waals surface area (Å²) in [5.41, 5.74) is 4.07. The lowest BCUT2D eigenvalue weighted by Gasteiger charge is -2.06. The Kier molecular flexibility index (Phi) is 4.16. The average Bonchev–Trinajstić information content (AvgIpc) is 3.06. The fraction of sp³-hybridized carbons (Fsp3) is 0.0476. The summed E-state index contributed by atoms with van der Waals surface area (Å²) in [6.07, 6.45) is 0. The molecule has 0 saturated carbocycles. The molecule has 0 radical (unpaired) electrons. The molecule has 0 saturated heterocycles. The zero-order valence-corrected chi connectivity index (χ0v) is 14.4. The summed E-state index contributed by atoms with van der Waals surface area (Å²) in [6.45, 7) is 2.04. The highest BCUT2D eigenvalue weighted by molar-refractivity contribution is 6.08. The fourth-order valence-electron chi connectivity index (χ4n) is 3.00. The molecule has 0 aliphatic rings. The van der Waals surface area contributed by atoms with Gasteiger partial charge in [-0.05, 0) is 53.9 Å². The summed E-state index contributed by atoms with van der Waals surface area (Å²) >= 11 is 0. The molecule has 2 N–H and O–H groups in total. The van der Waals surface area contributed by atoms with Gasteiger partial charge in [0.25, 0.3) is 5.91 Å². The Labute approximate surface area is 153 Å². The largest absolute Gasteiger partial charge is 0.305 e. The fourth-order valence-corrected chi connectivity index (χ4v) is 3.00. The van der Waals surface area contributed by atoms with E-state index in [9.17, 15) is 13.6 Å². The van der Waals surface area contributed by atoms with Gasteiger partial charge in [0.15, 0.2) is 17.5 Å². The maximum absolute atomic E-state index is 13.3. The normalized spacial score (nSPS) is 10.9. The number of halogens is 2. The third-order valence-corrected chi connectivity index (χ3v) is 4.43. The molecule has 0 bridgehead atoms. The highest BCUT2D eigenvalue weighted by atomic mass is 19.2. The lowest BCUT2D eigenvalue weighted by Crippen LogP contribution is -2.13. The quantitative estimate of drug-likeness (QED) is 0.534. The molecule has 4 rings (SSSR count). The summed E-state index contributed by atoms with van der Waals surface area (Å²) in [4.78, 5) is 12.3. The Morgan fingerprint density at radius 3 is 2.59 bits per heavy atom. The molecule has 4 nitrogen and oxygen atoms in total. The second-order valence-electron chi connectivity index (χ2n) is 6.23. The van der Waals surface area contributed by atoms with Crippen LogP contribution in [0.1, 0.15) is 15.9 Å². The zero-order chi connectivity index (χ0) is 19.0. The summed E-state index contributed by atoms with van der Waals surface area (Å²) in [7, 11) is 0. The van der Waals surface area contributed by atoms with E-state index in [1.54, 1.807) is 0 Å². The standard InChI is InChI=1S/C21H15F2N3O/c1-12-4-2-3-5-15(12)13-6-8-16-19(11-13)25-26-20(16)24-21(27)14-7-9-17(22)18(23)10-14/h2-11H,1H3,(H2,24,25,26,27). The first-order valence-electron chi connectivity index (χ1n) is 8.33. The number of hydrogen-bond acceptors (Lipinski definition) is 2. The van der Waals surface area contributed by atoms with E-state index in [4.69, 9.17) is 0 Å². The van der Waals surface area contributed by atoms with Gasteiger partial charge >= 0.3 is 0 Å². The number of nitrogens with one attached hydrogen (secondary N) is 2. The van der Waals surface area contributed by atoms with Gasteiger partial charge in [0.05, 0.1) is 5.52 Å². The number of nitrogens with zero attached hydrogens (tertiary/aromatic N) is 1. The van der Waals surface area contributed by atoms with E-state index >= 15 is 0 Å². The van der Waals surface area contributed by atoms with Crippen molar-refractivity contribution in [2.75, 3.05) is 5.32 Å². The monoisotopic (exact) mass is 363 g/mol. The van der Waals surface area contributed by atoms with E-state index in [-0.39, 0.29) is 5.56 Å². The number of aryl methyl sites for hydroxylation is 1. The summed E-state index contributed by atoms with van der Waals surface area (Å²) in [6, 6.07) is 16.8. The van der Waals surface area contributed by atoms with Crippen LogP contribution in [0.4, 0.5) is 14.6 Å². The van der Waals surface area contributed by atoms with Crippen molar-refractivity contribution in [1.29, 1.82) is 0 Å². The lowest BCUT2D eigenvalue weighted by molar-refractivity contribution is 0.102. The number of aromatic amines is 1. The second kappa shape index (κ2) is 6.64. The van der Waals surface area contributed by atoms with Gasteiger partial charge in [-0.3, -0.25) is 9.89 Å². The molecule has 0 unspecified atom stereocenters. The minimum Gasteiger partial charge on any atom is -0.305 e. The number of rotatable bonds is 3. The van der Waals surface area contributed by atoms with Gasteiger partial charge in [0, 0.05) is 10.9 Å². The number of carbonyl (C=O) groups excluding carboxylic acids is 1.